The quantitative estimate of drug-likeness (QED) is 0.347. The van der Waals surface area contributed by atoms with Gasteiger partial charge in [-0.2, -0.15) is 0 Å². The molecule has 1 aromatic carbocycles. The van der Waals surface area contributed by atoms with Gasteiger partial charge in [-0.3, -0.25) is 9.78 Å². The van der Waals surface area contributed by atoms with E-state index in [1.165, 1.54) is 0 Å². The molecule has 0 radical (unpaired) electrons. The van der Waals surface area contributed by atoms with Gasteiger partial charge in [0.2, 0.25) is 0 Å². The molecule has 8 heteroatoms. The number of aromatic nitrogens is 2. The van der Waals surface area contributed by atoms with E-state index < -0.39 is 0 Å². The van der Waals surface area contributed by atoms with Crippen molar-refractivity contribution in [1.82, 2.24) is 15.3 Å². The summed E-state index contributed by atoms with van der Waals surface area (Å²) in [6.07, 6.45) is 5.25. The van der Waals surface area contributed by atoms with E-state index in [-0.39, 0.29) is 5.91 Å². The number of benzene rings is 1. The highest BCUT2D eigenvalue weighted by atomic mass is 32.1. The highest BCUT2D eigenvalue weighted by Gasteiger charge is 2.21. The summed E-state index contributed by atoms with van der Waals surface area (Å²) in [5, 5.41) is 7.40. The summed E-state index contributed by atoms with van der Waals surface area (Å²) in [6, 6.07) is 16.2. The lowest BCUT2D eigenvalue weighted by Crippen LogP contribution is -2.35. The van der Waals surface area contributed by atoms with Gasteiger partial charge in [0, 0.05) is 55.0 Å². The van der Waals surface area contributed by atoms with Crippen LogP contribution in [0, 0.1) is 0 Å². The van der Waals surface area contributed by atoms with Crippen molar-refractivity contribution in [3.05, 3.63) is 76.2 Å². The van der Waals surface area contributed by atoms with Crippen LogP contribution >= 0.6 is 22.7 Å². The van der Waals surface area contributed by atoms with Crippen LogP contribution in [0.25, 0.3) is 22.4 Å². The minimum Gasteiger partial charge on any atom is -0.378 e. The molecule has 1 aliphatic heterocycles. The SMILES string of the molecule is O=C(NCCCc1nc(-c2ccncc2)cs1)c1cc(-c2ccccc2)c(N2CCOCC2)s1. The topological polar surface area (TPSA) is 67.4 Å². The van der Waals surface area contributed by atoms with Crippen LogP contribution in [0.4, 0.5) is 5.00 Å². The fourth-order valence-electron chi connectivity index (χ4n) is 3.93. The number of amides is 1. The van der Waals surface area contributed by atoms with Crippen LogP contribution in [0.2, 0.25) is 0 Å². The maximum absolute atomic E-state index is 13.0. The monoisotopic (exact) mass is 490 g/mol. The smallest absolute Gasteiger partial charge is 0.261 e. The second-order valence-electron chi connectivity index (χ2n) is 8.02. The number of carbonyl (C=O) groups is 1. The Morgan fingerprint density at radius 3 is 2.65 bits per heavy atom. The Kier molecular flexibility index (Phi) is 7.28. The van der Waals surface area contributed by atoms with Crippen molar-refractivity contribution in [2.45, 2.75) is 12.8 Å². The first-order chi connectivity index (χ1) is 16.8. The number of thiophene rings is 1. The van der Waals surface area contributed by atoms with Gasteiger partial charge in [-0.05, 0) is 30.2 Å². The molecular formula is C26H26N4O2S2. The van der Waals surface area contributed by atoms with Gasteiger partial charge in [0.15, 0.2) is 0 Å². The molecule has 174 valence electrons. The second kappa shape index (κ2) is 10.9. The number of morpholine rings is 1. The van der Waals surface area contributed by atoms with Crippen LogP contribution in [0.5, 0.6) is 0 Å². The zero-order valence-electron chi connectivity index (χ0n) is 18.8. The highest BCUT2D eigenvalue weighted by molar-refractivity contribution is 7.18. The summed E-state index contributed by atoms with van der Waals surface area (Å²) in [7, 11) is 0. The van der Waals surface area contributed by atoms with E-state index in [0.29, 0.717) is 19.8 Å². The van der Waals surface area contributed by atoms with Crippen molar-refractivity contribution in [3.8, 4) is 22.4 Å². The molecule has 1 N–H and O–H groups in total. The van der Waals surface area contributed by atoms with Gasteiger partial charge in [-0.15, -0.1) is 22.7 Å². The molecule has 1 amide bonds. The third-order valence-electron chi connectivity index (χ3n) is 5.70. The van der Waals surface area contributed by atoms with Crippen molar-refractivity contribution in [1.29, 1.82) is 0 Å². The Morgan fingerprint density at radius 2 is 1.85 bits per heavy atom. The van der Waals surface area contributed by atoms with Gasteiger partial charge >= 0.3 is 0 Å². The zero-order chi connectivity index (χ0) is 23.2. The Hall–Kier alpha value is -3.07. The maximum Gasteiger partial charge on any atom is 0.261 e. The summed E-state index contributed by atoms with van der Waals surface area (Å²) in [4.78, 5) is 24.8. The first kappa shape index (κ1) is 22.7. The minimum absolute atomic E-state index is 0.0155. The van der Waals surface area contributed by atoms with E-state index >= 15 is 0 Å². The van der Waals surface area contributed by atoms with E-state index in [4.69, 9.17) is 9.72 Å². The second-order valence-corrected chi connectivity index (χ2v) is 9.99. The number of carbonyl (C=O) groups excluding carboxylic acids is 1. The fraction of sp³-hybridized carbons (Fsp3) is 0.269. The van der Waals surface area contributed by atoms with Gasteiger partial charge in [0.1, 0.15) is 0 Å². The first-order valence-electron chi connectivity index (χ1n) is 11.4. The number of hydrogen-bond donors (Lipinski definition) is 1. The number of thiazole rings is 1. The van der Waals surface area contributed by atoms with Gasteiger partial charge in [-0.25, -0.2) is 4.98 Å². The van der Waals surface area contributed by atoms with Gasteiger partial charge in [0.05, 0.1) is 33.8 Å². The summed E-state index contributed by atoms with van der Waals surface area (Å²) in [5.41, 5.74) is 4.31. The van der Waals surface area contributed by atoms with Crippen LogP contribution < -0.4 is 10.2 Å². The number of aryl methyl sites for hydroxylation is 1. The Bertz CT molecular complexity index is 1220. The summed E-state index contributed by atoms with van der Waals surface area (Å²) in [5.74, 6) is -0.0155. The number of hydrogen-bond acceptors (Lipinski definition) is 7. The molecule has 1 saturated heterocycles. The van der Waals surface area contributed by atoms with E-state index in [9.17, 15) is 4.79 Å². The molecule has 0 spiro atoms. The van der Waals surface area contributed by atoms with Crippen LogP contribution in [0.3, 0.4) is 0 Å². The van der Waals surface area contributed by atoms with Crippen LogP contribution in [-0.2, 0) is 11.2 Å². The van der Waals surface area contributed by atoms with Crippen LogP contribution in [0.1, 0.15) is 21.1 Å². The molecule has 1 aliphatic rings. The average molecular weight is 491 g/mol. The molecule has 4 aromatic rings. The third kappa shape index (κ3) is 5.35. The molecule has 0 atom stereocenters. The predicted octanol–water partition coefficient (Wildman–Crippen LogP) is 5.13. The van der Waals surface area contributed by atoms with Crippen LogP contribution in [0.15, 0.2) is 66.3 Å². The average Bonchev–Trinajstić information content (AvgIpc) is 3.56. The molecule has 34 heavy (non-hydrogen) atoms. The molecule has 3 aromatic heterocycles. The van der Waals surface area contributed by atoms with Crippen molar-refractivity contribution in [3.63, 3.8) is 0 Å². The Balaban J connectivity index is 1.21. The van der Waals surface area contributed by atoms with Crippen molar-refractivity contribution in [2.24, 2.45) is 0 Å². The molecular weight excluding hydrogens is 464 g/mol. The van der Waals surface area contributed by atoms with Gasteiger partial charge in [-0.1, -0.05) is 30.3 Å². The van der Waals surface area contributed by atoms with E-state index in [2.05, 4.69) is 32.7 Å². The van der Waals surface area contributed by atoms with E-state index in [1.54, 1.807) is 35.1 Å². The zero-order valence-corrected chi connectivity index (χ0v) is 20.4. The van der Waals surface area contributed by atoms with Gasteiger partial charge in [0.25, 0.3) is 5.91 Å². The number of nitrogens with one attached hydrogen (secondary N) is 1. The third-order valence-corrected chi connectivity index (χ3v) is 7.80. The standard InChI is InChI=1S/C26H26N4O2S2/c31-25(28-10-4-7-24-29-22(18-33-24)20-8-11-27-12-9-20)23-17-21(19-5-2-1-3-6-19)26(34-23)30-13-15-32-16-14-30/h1-3,5-6,8-9,11-12,17-18H,4,7,10,13-16H2,(H,28,31). The fourth-order valence-corrected chi connectivity index (χ4v) is 5.93. The minimum atomic E-state index is -0.0155. The lowest BCUT2D eigenvalue weighted by atomic mass is 10.1. The van der Waals surface area contributed by atoms with Gasteiger partial charge < -0.3 is 15.0 Å². The molecule has 0 saturated carbocycles. The molecule has 6 nitrogen and oxygen atoms in total. The Labute approximate surface area is 207 Å². The van der Waals surface area contributed by atoms with Crippen molar-refractivity contribution in [2.75, 3.05) is 37.7 Å². The maximum atomic E-state index is 13.0. The number of pyridine rings is 1. The molecule has 0 unspecified atom stereocenters. The lowest BCUT2D eigenvalue weighted by Gasteiger charge is -2.28. The number of ether oxygens (including phenoxy) is 1. The molecule has 0 aliphatic carbocycles. The normalized spacial score (nSPS) is 13.7. The highest BCUT2D eigenvalue weighted by Crippen LogP contribution is 2.39. The lowest BCUT2D eigenvalue weighted by molar-refractivity contribution is 0.0957. The summed E-state index contributed by atoms with van der Waals surface area (Å²) < 4.78 is 5.53. The number of rotatable bonds is 8. The molecule has 1 fully saturated rings. The van der Waals surface area contributed by atoms with E-state index in [0.717, 1.165) is 63.2 Å². The number of nitrogens with zero attached hydrogens (tertiary/aromatic N) is 3. The number of anilines is 1. The van der Waals surface area contributed by atoms with E-state index in [1.807, 2.05) is 36.4 Å². The molecule has 5 rings (SSSR count). The predicted molar refractivity (Wildman–Crippen MR) is 139 cm³/mol. The summed E-state index contributed by atoms with van der Waals surface area (Å²) in [6.45, 7) is 3.74. The Morgan fingerprint density at radius 1 is 1.06 bits per heavy atom. The first-order valence-corrected chi connectivity index (χ1v) is 13.1. The largest absolute Gasteiger partial charge is 0.378 e. The molecule has 4 heterocycles. The van der Waals surface area contributed by atoms with Crippen molar-refractivity contribution < 1.29 is 9.53 Å². The molecule has 0 bridgehead atoms. The van der Waals surface area contributed by atoms with Crippen LogP contribution in [-0.4, -0.2) is 48.7 Å². The summed E-state index contributed by atoms with van der Waals surface area (Å²) >= 11 is 3.23. The van der Waals surface area contributed by atoms with Crippen molar-refractivity contribution >= 4 is 33.6 Å².